The van der Waals surface area contributed by atoms with Crippen LogP contribution in [0.1, 0.15) is 6.92 Å². The van der Waals surface area contributed by atoms with Crippen LogP contribution in [0.2, 0.25) is 0 Å². The lowest BCUT2D eigenvalue weighted by atomic mass is 10.4. The Balaban J connectivity index is 2.13. The average molecular weight is 254 g/mol. The minimum atomic E-state index is -3.00. The number of nitrogens with one attached hydrogen (secondary N) is 1. The molecule has 1 N–H and O–H groups in total. The molecule has 2 heterocycles. The molecule has 92 valence electrons. The topological polar surface area (TPSA) is 76.4 Å². The normalized spacial score (nSPS) is 13.8. The van der Waals surface area contributed by atoms with Crippen LogP contribution in [-0.4, -0.2) is 41.1 Å². The van der Waals surface area contributed by atoms with Gasteiger partial charge in [-0.15, -0.1) is 5.10 Å². The molecule has 0 aliphatic rings. The van der Waals surface area contributed by atoms with E-state index in [1.165, 1.54) is 6.26 Å². The molecular weight excluding hydrogens is 240 g/mol. The minimum absolute atomic E-state index is 0.0581. The monoisotopic (exact) mass is 254 g/mol. The first kappa shape index (κ1) is 11.8. The van der Waals surface area contributed by atoms with Gasteiger partial charge in [0.05, 0.1) is 5.75 Å². The van der Waals surface area contributed by atoms with E-state index in [0.29, 0.717) is 5.95 Å². The Labute approximate surface area is 99.6 Å². The van der Waals surface area contributed by atoms with Crippen molar-refractivity contribution >= 4 is 21.4 Å². The molecule has 1 unspecified atom stereocenters. The van der Waals surface area contributed by atoms with E-state index in [4.69, 9.17) is 0 Å². The van der Waals surface area contributed by atoms with Gasteiger partial charge in [-0.25, -0.2) is 12.9 Å². The molecule has 0 bridgehead atoms. The number of hydrogen-bond donors (Lipinski definition) is 1. The molecule has 1 atom stereocenters. The smallest absolute Gasteiger partial charge is 0.243 e. The maximum atomic E-state index is 11.1. The van der Waals surface area contributed by atoms with Gasteiger partial charge in [-0.05, 0) is 19.1 Å². The van der Waals surface area contributed by atoms with Crippen molar-refractivity contribution in [3.8, 4) is 0 Å². The van der Waals surface area contributed by atoms with E-state index in [1.807, 2.05) is 18.2 Å². The third kappa shape index (κ3) is 3.16. The van der Waals surface area contributed by atoms with Crippen LogP contribution in [0.4, 0.5) is 5.95 Å². The summed E-state index contributed by atoms with van der Waals surface area (Å²) >= 11 is 0. The van der Waals surface area contributed by atoms with Crippen molar-refractivity contribution in [2.45, 2.75) is 13.0 Å². The third-order valence-corrected chi connectivity index (χ3v) is 3.28. The van der Waals surface area contributed by atoms with Crippen molar-refractivity contribution in [1.29, 1.82) is 0 Å². The lowest BCUT2D eigenvalue weighted by Crippen LogP contribution is -2.25. The highest BCUT2D eigenvalue weighted by Gasteiger charge is 2.12. The Hall–Kier alpha value is -1.63. The van der Waals surface area contributed by atoms with Gasteiger partial charge in [-0.2, -0.15) is 4.98 Å². The van der Waals surface area contributed by atoms with Crippen LogP contribution >= 0.6 is 0 Å². The number of fused-ring (bicyclic) bond motifs is 1. The maximum Gasteiger partial charge on any atom is 0.243 e. The van der Waals surface area contributed by atoms with Crippen LogP contribution in [0.5, 0.6) is 0 Å². The molecule has 0 aliphatic heterocycles. The average Bonchev–Trinajstić information content (AvgIpc) is 2.55. The first-order valence-electron chi connectivity index (χ1n) is 5.20. The van der Waals surface area contributed by atoms with E-state index in [1.54, 1.807) is 17.6 Å². The van der Waals surface area contributed by atoms with Gasteiger partial charge in [0.15, 0.2) is 5.65 Å². The molecule has 17 heavy (non-hydrogen) atoms. The number of rotatable bonds is 4. The van der Waals surface area contributed by atoms with Gasteiger partial charge in [0.1, 0.15) is 9.84 Å². The zero-order chi connectivity index (χ0) is 12.5. The van der Waals surface area contributed by atoms with Crippen LogP contribution in [-0.2, 0) is 9.84 Å². The molecule has 2 aromatic heterocycles. The summed E-state index contributed by atoms with van der Waals surface area (Å²) < 4.78 is 23.9. The Morgan fingerprint density at radius 1 is 1.47 bits per heavy atom. The second-order valence-electron chi connectivity index (χ2n) is 4.08. The Morgan fingerprint density at radius 2 is 2.24 bits per heavy atom. The number of sulfone groups is 1. The first-order chi connectivity index (χ1) is 7.94. The van der Waals surface area contributed by atoms with Crippen LogP contribution < -0.4 is 5.32 Å². The van der Waals surface area contributed by atoms with E-state index in [-0.39, 0.29) is 11.8 Å². The standard InChI is InChI=1S/C10H14N4O2S/c1-8(7-17(2,15)16)11-10-12-9-5-3-4-6-14(9)13-10/h3-6,8H,7H2,1-2H3,(H,11,13). The lowest BCUT2D eigenvalue weighted by Gasteiger charge is -2.09. The summed E-state index contributed by atoms with van der Waals surface area (Å²) in [5, 5.41) is 7.15. The molecule has 0 fully saturated rings. The number of pyridine rings is 1. The number of hydrogen-bond acceptors (Lipinski definition) is 5. The van der Waals surface area contributed by atoms with Crippen molar-refractivity contribution in [1.82, 2.24) is 14.6 Å². The van der Waals surface area contributed by atoms with E-state index in [2.05, 4.69) is 15.4 Å². The quantitative estimate of drug-likeness (QED) is 0.863. The molecular formula is C10H14N4O2S. The Kier molecular flexibility index (Phi) is 3.01. The van der Waals surface area contributed by atoms with Crippen LogP contribution in [0, 0.1) is 0 Å². The van der Waals surface area contributed by atoms with Gasteiger partial charge in [0.25, 0.3) is 0 Å². The first-order valence-corrected chi connectivity index (χ1v) is 7.26. The minimum Gasteiger partial charge on any atom is -0.349 e. The fourth-order valence-electron chi connectivity index (χ4n) is 1.61. The van der Waals surface area contributed by atoms with Gasteiger partial charge in [0, 0.05) is 18.5 Å². The second kappa shape index (κ2) is 4.33. The molecule has 2 aromatic rings. The van der Waals surface area contributed by atoms with Crippen LogP contribution in [0.3, 0.4) is 0 Å². The predicted molar refractivity (Wildman–Crippen MR) is 65.8 cm³/mol. The molecule has 6 nitrogen and oxygen atoms in total. The predicted octanol–water partition coefficient (Wildman–Crippen LogP) is 0.574. The molecule has 0 aromatic carbocycles. The van der Waals surface area contributed by atoms with Gasteiger partial charge in [-0.3, -0.25) is 0 Å². The van der Waals surface area contributed by atoms with E-state index in [0.717, 1.165) is 5.65 Å². The molecule has 0 radical (unpaired) electrons. The molecule has 7 heteroatoms. The van der Waals surface area contributed by atoms with Crippen molar-refractivity contribution in [3.05, 3.63) is 24.4 Å². The second-order valence-corrected chi connectivity index (χ2v) is 6.26. The fraction of sp³-hybridized carbons (Fsp3) is 0.400. The highest BCUT2D eigenvalue weighted by Crippen LogP contribution is 2.06. The third-order valence-electron chi connectivity index (χ3n) is 2.17. The summed E-state index contributed by atoms with van der Waals surface area (Å²) in [7, 11) is -3.00. The SMILES string of the molecule is CC(CS(C)(=O)=O)Nc1nc2ccccn2n1. The van der Waals surface area contributed by atoms with Crippen molar-refractivity contribution in [3.63, 3.8) is 0 Å². The van der Waals surface area contributed by atoms with Crippen molar-refractivity contribution in [2.75, 3.05) is 17.3 Å². The van der Waals surface area contributed by atoms with Gasteiger partial charge >= 0.3 is 0 Å². The molecule has 0 spiro atoms. The van der Waals surface area contributed by atoms with E-state index in [9.17, 15) is 8.42 Å². The molecule has 2 rings (SSSR count). The molecule has 0 saturated carbocycles. The summed E-state index contributed by atoms with van der Waals surface area (Å²) in [6, 6.07) is 5.33. The van der Waals surface area contributed by atoms with Crippen LogP contribution in [0.25, 0.3) is 5.65 Å². The molecule has 0 aliphatic carbocycles. The van der Waals surface area contributed by atoms with Gasteiger partial charge in [0.2, 0.25) is 5.95 Å². The highest BCUT2D eigenvalue weighted by atomic mass is 32.2. The van der Waals surface area contributed by atoms with Gasteiger partial charge in [-0.1, -0.05) is 6.07 Å². The molecule has 0 saturated heterocycles. The number of anilines is 1. The molecule has 0 amide bonds. The Bertz CT molecular complexity index is 587. The van der Waals surface area contributed by atoms with E-state index >= 15 is 0 Å². The summed E-state index contributed by atoms with van der Waals surface area (Å²) in [5.41, 5.74) is 0.724. The zero-order valence-electron chi connectivity index (χ0n) is 9.66. The van der Waals surface area contributed by atoms with Crippen molar-refractivity contribution in [2.24, 2.45) is 0 Å². The van der Waals surface area contributed by atoms with Gasteiger partial charge < -0.3 is 5.32 Å². The largest absolute Gasteiger partial charge is 0.349 e. The maximum absolute atomic E-state index is 11.1. The zero-order valence-corrected chi connectivity index (χ0v) is 10.5. The lowest BCUT2D eigenvalue weighted by molar-refractivity contribution is 0.597. The summed E-state index contributed by atoms with van der Waals surface area (Å²) in [4.78, 5) is 4.23. The summed E-state index contributed by atoms with van der Waals surface area (Å²) in [6.45, 7) is 1.78. The fourth-order valence-corrected chi connectivity index (χ4v) is 2.60. The summed E-state index contributed by atoms with van der Waals surface area (Å²) in [5.74, 6) is 0.495. The summed E-state index contributed by atoms with van der Waals surface area (Å²) in [6.07, 6.45) is 3.00. The van der Waals surface area contributed by atoms with Crippen molar-refractivity contribution < 1.29 is 8.42 Å². The highest BCUT2D eigenvalue weighted by molar-refractivity contribution is 7.90. The van der Waals surface area contributed by atoms with E-state index < -0.39 is 9.84 Å². The number of aromatic nitrogens is 3. The van der Waals surface area contributed by atoms with Crippen LogP contribution in [0.15, 0.2) is 24.4 Å². The number of nitrogens with zero attached hydrogens (tertiary/aromatic N) is 3. The Morgan fingerprint density at radius 3 is 2.88 bits per heavy atom.